The molecule has 0 nitrogen and oxygen atoms in total. The maximum Gasteiger partial charge on any atom is 0.126 e. The molecule has 0 bridgehead atoms. The van der Waals surface area contributed by atoms with Crippen molar-refractivity contribution >= 4 is 10.2 Å². The molecule has 16 heavy (non-hydrogen) atoms. The number of rotatable bonds is 2. The highest BCUT2D eigenvalue weighted by Crippen LogP contribution is 2.22. The molecule has 0 aliphatic carbocycles. The summed E-state index contributed by atoms with van der Waals surface area (Å²) in [5, 5.41) is 0. The normalized spacial score (nSPS) is 10.4. The minimum Gasteiger partial charge on any atom is -0.207 e. The third kappa shape index (κ3) is 2.22. The number of aryl methyl sites for hydroxylation is 1. The Morgan fingerprint density at radius 3 is 2.19 bits per heavy atom. The summed E-state index contributed by atoms with van der Waals surface area (Å²) in [6, 6.07) is 14.3. The molecule has 0 N–H and O–H groups in total. The summed E-state index contributed by atoms with van der Waals surface area (Å²) in [5.74, 6) is -0.151. The third-order valence-electron chi connectivity index (χ3n) is 2.66. The minimum absolute atomic E-state index is 0.151. The van der Waals surface area contributed by atoms with Crippen LogP contribution in [0, 0.1) is 12.7 Å². The van der Waals surface area contributed by atoms with Crippen LogP contribution < -0.4 is 0 Å². The summed E-state index contributed by atoms with van der Waals surface area (Å²) in [6.45, 7) is 1.77. The molecule has 0 fully saturated rings. The molecule has 2 heteroatoms. The van der Waals surface area contributed by atoms with Gasteiger partial charge in [0.15, 0.2) is 0 Å². The Morgan fingerprint density at radius 2 is 1.62 bits per heavy atom. The second-order valence-corrected chi connectivity index (χ2v) is 4.19. The molecule has 0 spiro atoms. The fraction of sp³-hybridized carbons (Fsp3) is 0.143. The largest absolute Gasteiger partial charge is 0.207 e. The Balaban J connectivity index is 2.38. The summed E-state index contributed by atoms with van der Waals surface area (Å²) in [4.78, 5) is 0. The lowest BCUT2D eigenvalue weighted by Crippen LogP contribution is -1.86. The molecule has 3 radical (unpaired) electrons. The molecular weight excluding hydrogens is 215 g/mol. The Hall–Kier alpha value is -1.41. The van der Waals surface area contributed by atoms with E-state index in [4.69, 9.17) is 0 Å². The van der Waals surface area contributed by atoms with E-state index in [2.05, 4.69) is 10.2 Å². The lowest BCUT2D eigenvalue weighted by molar-refractivity contribution is 0.619. The van der Waals surface area contributed by atoms with Crippen molar-refractivity contribution in [2.45, 2.75) is 13.0 Å². The monoisotopic (exact) mass is 227 g/mol. The average Bonchev–Trinajstić information content (AvgIpc) is 2.33. The molecule has 0 amide bonds. The van der Waals surface area contributed by atoms with Crippen LogP contribution in [-0.2, 0) is 6.04 Å². The van der Waals surface area contributed by atoms with E-state index in [1.807, 2.05) is 36.4 Å². The van der Waals surface area contributed by atoms with Crippen molar-refractivity contribution < 1.29 is 4.39 Å². The molecule has 0 saturated heterocycles. The van der Waals surface area contributed by atoms with Gasteiger partial charge in [0.05, 0.1) is 0 Å². The molecule has 0 atom stereocenters. The fourth-order valence-electron chi connectivity index (χ4n) is 1.59. The highest BCUT2D eigenvalue weighted by Gasteiger charge is 2.01. The molecule has 2 aromatic carbocycles. The average molecular weight is 227 g/mol. The van der Waals surface area contributed by atoms with Gasteiger partial charge in [-0.3, -0.25) is 0 Å². The van der Waals surface area contributed by atoms with Gasteiger partial charge in [-0.25, -0.2) is 4.39 Å². The zero-order valence-corrected chi connectivity index (χ0v) is 10.1. The Morgan fingerprint density at radius 1 is 1.00 bits per heavy atom. The van der Waals surface area contributed by atoms with Crippen LogP contribution in [0.5, 0.6) is 0 Å². The summed E-state index contributed by atoms with van der Waals surface area (Å²) < 4.78 is 13.4. The lowest BCUT2D eigenvalue weighted by Gasteiger charge is -2.04. The molecule has 0 aromatic heterocycles. The van der Waals surface area contributed by atoms with Crippen molar-refractivity contribution in [2.24, 2.45) is 0 Å². The van der Waals surface area contributed by atoms with Crippen molar-refractivity contribution in [3.8, 4) is 11.1 Å². The van der Waals surface area contributed by atoms with Gasteiger partial charge in [-0.05, 0) is 35.7 Å². The van der Waals surface area contributed by atoms with Gasteiger partial charge < -0.3 is 0 Å². The lowest BCUT2D eigenvalue weighted by atomic mass is 10.0. The maximum atomic E-state index is 13.4. The zero-order valence-electron chi connectivity index (χ0n) is 9.13. The maximum absolute atomic E-state index is 13.4. The molecule has 2 aromatic rings. The molecule has 0 aliphatic rings. The first-order valence-corrected chi connectivity index (χ1v) is 5.91. The highest BCUT2D eigenvalue weighted by molar-refractivity contribution is 6.08. The number of benzene rings is 2. The van der Waals surface area contributed by atoms with E-state index < -0.39 is 0 Å². The van der Waals surface area contributed by atoms with Gasteiger partial charge in [0, 0.05) is 10.2 Å². The number of halogens is 1. The van der Waals surface area contributed by atoms with E-state index in [-0.39, 0.29) is 5.82 Å². The predicted octanol–water partition coefficient (Wildman–Crippen LogP) is 3.47. The van der Waals surface area contributed by atoms with Crippen molar-refractivity contribution in [2.75, 3.05) is 0 Å². The molecular formula is C14H12FSi. The summed E-state index contributed by atoms with van der Waals surface area (Å²) >= 11 is 0. The van der Waals surface area contributed by atoms with Crippen LogP contribution in [0.25, 0.3) is 11.1 Å². The SMILES string of the molecule is Cc1ccc(-c2ccc(C[Si])cc2)cc1F. The summed E-state index contributed by atoms with van der Waals surface area (Å²) in [6.07, 6.45) is 0. The van der Waals surface area contributed by atoms with Crippen LogP contribution in [0.1, 0.15) is 11.1 Å². The Bertz CT molecular complexity index is 489. The van der Waals surface area contributed by atoms with Crippen LogP contribution in [-0.4, -0.2) is 10.2 Å². The molecule has 0 unspecified atom stereocenters. The summed E-state index contributed by atoms with van der Waals surface area (Å²) in [7, 11) is 3.45. The van der Waals surface area contributed by atoms with Gasteiger partial charge >= 0.3 is 0 Å². The van der Waals surface area contributed by atoms with Crippen molar-refractivity contribution in [3.63, 3.8) is 0 Å². The molecule has 0 saturated carbocycles. The first-order valence-electron chi connectivity index (χ1n) is 5.21. The van der Waals surface area contributed by atoms with Crippen molar-refractivity contribution in [3.05, 3.63) is 59.4 Å². The first kappa shape index (κ1) is 11.1. The summed E-state index contributed by atoms with van der Waals surface area (Å²) in [5.41, 5.74) is 3.86. The van der Waals surface area contributed by atoms with Gasteiger partial charge in [-0.1, -0.05) is 42.0 Å². The fourth-order valence-corrected chi connectivity index (χ4v) is 1.82. The van der Waals surface area contributed by atoms with Crippen LogP contribution in [0.2, 0.25) is 0 Å². The van der Waals surface area contributed by atoms with Gasteiger partial charge in [0.1, 0.15) is 5.82 Å². The van der Waals surface area contributed by atoms with E-state index in [1.165, 1.54) is 5.56 Å². The second-order valence-electron chi connectivity index (χ2n) is 3.84. The van der Waals surface area contributed by atoms with Crippen LogP contribution in [0.4, 0.5) is 4.39 Å². The predicted molar refractivity (Wildman–Crippen MR) is 66.0 cm³/mol. The molecule has 0 heterocycles. The van der Waals surface area contributed by atoms with Crippen LogP contribution in [0.3, 0.4) is 0 Å². The smallest absolute Gasteiger partial charge is 0.126 e. The molecule has 0 aliphatic heterocycles. The van der Waals surface area contributed by atoms with Gasteiger partial charge in [-0.15, -0.1) is 0 Å². The van der Waals surface area contributed by atoms with E-state index in [0.29, 0.717) is 5.56 Å². The van der Waals surface area contributed by atoms with E-state index in [9.17, 15) is 4.39 Å². The Kier molecular flexibility index (Phi) is 3.20. The highest BCUT2D eigenvalue weighted by atomic mass is 28.1. The molecule has 2 rings (SSSR count). The quantitative estimate of drug-likeness (QED) is 0.689. The zero-order chi connectivity index (χ0) is 11.5. The molecule has 79 valence electrons. The second kappa shape index (κ2) is 4.62. The Labute approximate surface area is 98.6 Å². The first-order chi connectivity index (χ1) is 7.70. The number of hydrogen-bond donors (Lipinski definition) is 0. The van der Waals surface area contributed by atoms with Crippen LogP contribution in [0.15, 0.2) is 42.5 Å². The van der Waals surface area contributed by atoms with Crippen LogP contribution >= 0.6 is 0 Å². The van der Waals surface area contributed by atoms with Crippen molar-refractivity contribution in [1.82, 2.24) is 0 Å². The van der Waals surface area contributed by atoms with Gasteiger partial charge in [0.2, 0.25) is 0 Å². The third-order valence-corrected chi connectivity index (χ3v) is 3.07. The van der Waals surface area contributed by atoms with Gasteiger partial charge in [0.25, 0.3) is 0 Å². The van der Waals surface area contributed by atoms with E-state index in [0.717, 1.165) is 17.2 Å². The topological polar surface area (TPSA) is 0 Å². The van der Waals surface area contributed by atoms with Crippen molar-refractivity contribution in [1.29, 1.82) is 0 Å². The van der Waals surface area contributed by atoms with E-state index >= 15 is 0 Å². The minimum atomic E-state index is -0.151. The standard InChI is InChI=1S/C14H12FSi/c1-10-2-5-13(8-14(10)15)12-6-3-11(9-16)4-7-12/h2-8H,9H2,1H3. The number of hydrogen-bond acceptors (Lipinski definition) is 0. The van der Waals surface area contributed by atoms with Gasteiger partial charge in [-0.2, -0.15) is 0 Å². The van der Waals surface area contributed by atoms with E-state index in [1.54, 1.807) is 13.0 Å².